The highest BCUT2D eigenvalue weighted by Gasteiger charge is 2.37. The second-order valence-electron chi connectivity index (χ2n) is 8.90. The number of rotatable bonds is 3. The summed E-state index contributed by atoms with van der Waals surface area (Å²) < 4.78 is 2.39. The van der Waals surface area contributed by atoms with E-state index >= 15 is 0 Å². The molecule has 27 heavy (non-hydrogen) atoms. The second-order valence-corrected chi connectivity index (χ2v) is 8.90. The SMILES string of the molecule is CC(C)c1cc2c(cc1-c1cccc[n+]1C(C)C)C(C)(C)c1ccccc1-2. The van der Waals surface area contributed by atoms with Crippen molar-refractivity contribution in [2.24, 2.45) is 0 Å². The van der Waals surface area contributed by atoms with Gasteiger partial charge in [-0.1, -0.05) is 52.0 Å². The summed E-state index contributed by atoms with van der Waals surface area (Å²) in [6.45, 7) is 13.8. The Hall–Kier alpha value is -2.41. The Morgan fingerprint density at radius 3 is 2.15 bits per heavy atom. The molecular formula is C26H30N+. The van der Waals surface area contributed by atoms with Gasteiger partial charge in [0.1, 0.15) is 0 Å². The van der Waals surface area contributed by atoms with Crippen LogP contribution >= 0.6 is 0 Å². The summed E-state index contributed by atoms with van der Waals surface area (Å²) in [7, 11) is 0. The molecule has 0 radical (unpaired) electrons. The maximum Gasteiger partial charge on any atom is 0.212 e. The van der Waals surface area contributed by atoms with Gasteiger partial charge in [-0.15, -0.1) is 0 Å². The van der Waals surface area contributed by atoms with Crippen molar-refractivity contribution >= 4 is 0 Å². The Bertz CT molecular complexity index is 1010. The van der Waals surface area contributed by atoms with Gasteiger partial charge in [0.15, 0.2) is 12.2 Å². The summed E-state index contributed by atoms with van der Waals surface area (Å²) in [5.41, 5.74) is 9.85. The number of benzene rings is 2. The number of hydrogen-bond donors (Lipinski definition) is 0. The molecule has 0 spiro atoms. The van der Waals surface area contributed by atoms with Crippen LogP contribution in [0.25, 0.3) is 22.4 Å². The zero-order valence-electron chi connectivity index (χ0n) is 17.4. The first-order valence-electron chi connectivity index (χ1n) is 10.1. The lowest BCUT2D eigenvalue weighted by Gasteiger charge is -2.23. The van der Waals surface area contributed by atoms with Crippen molar-refractivity contribution in [2.75, 3.05) is 0 Å². The Morgan fingerprint density at radius 2 is 1.44 bits per heavy atom. The summed E-state index contributed by atoms with van der Waals surface area (Å²) in [5.74, 6) is 0.474. The third-order valence-corrected chi connectivity index (χ3v) is 6.10. The standard InChI is InChI=1S/C26H30N/c1-17(2)20-15-21-19-11-7-8-12-23(19)26(5,6)24(21)16-22(20)25-13-9-10-14-27(25)18(3)4/h7-18H,1-6H3/q+1. The lowest BCUT2D eigenvalue weighted by molar-refractivity contribution is -0.705. The minimum atomic E-state index is 0.0353. The molecule has 1 nitrogen and oxygen atoms in total. The van der Waals surface area contributed by atoms with E-state index in [-0.39, 0.29) is 5.41 Å². The van der Waals surface area contributed by atoms with E-state index in [0.29, 0.717) is 12.0 Å². The van der Waals surface area contributed by atoms with Gasteiger partial charge >= 0.3 is 0 Å². The second kappa shape index (κ2) is 6.34. The molecule has 1 aliphatic carbocycles. The first kappa shape index (κ1) is 18.0. The number of nitrogens with zero attached hydrogens (tertiary/aromatic N) is 1. The maximum absolute atomic E-state index is 2.47. The van der Waals surface area contributed by atoms with Crippen molar-refractivity contribution in [1.82, 2.24) is 0 Å². The molecule has 0 saturated carbocycles. The summed E-state index contributed by atoms with van der Waals surface area (Å²) in [5, 5.41) is 0. The topological polar surface area (TPSA) is 3.88 Å². The summed E-state index contributed by atoms with van der Waals surface area (Å²) in [6, 6.07) is 20.8. The molecule has 0 bridgehead atoms. The summed E-state index contributed by atoms with van der Waals surface area (Å²) >= 11 is 0. The summed E-state index contributed by atoms with van der Waals surface area (Å²) in [4.78, 5) is 0. The van der Waals surface area contributed by atoms with Crippen LogP contribution in [0, 0.1) is 0 Å². The van der Waals surface area contributed by atoms with Gasteiger partial charge < -0.3 is 0 Å². The van der Waals surface area contributed by atoms with Gasteiger partial charge in [0.2, 0.25) is 5.69 Å². The van der Waals surface area contributed by atoms with E-state index in [1.54, 1.807) is 0 Å². The molecular weight excluding hydrogens is 326 g/mol. The number of pyridine rings is 1. The summed E-state index contributed by atoms with van der Waals surface area (Å²) in [6.07, 6.45) is 2.21. The van der Waals surface area contributed by atoms with Crippen molar-refractivity contribution in [3.8, 4) is 22.4 Å². The minimum Gasteiger partial charge on any atom is -0.196 e. The molecule has 1 aromatic heterocycles. The van der Waals surface area contributed by atoms with Crippen LogP contribution in [-0.4, -0.2) is 0 Å². The fourth-order valence-electron chi connectivity index (χ4n) is 4.60. The molecule has 0 aliphatic heterocycles. The molecule has 0 amide bonds. The Balaban J connectivity index is 2.04. The smallest absolute Gasteiger partial charge is 0.196 e. The van der Waals surface area contributed by atoms with E-state index in [1.165, 1.54) is 39.1 Å². The average Bonchev–Trinajstić information content (AvgIpc) is 2.88. The van der Waals surface area contributed by atoms with Crippen molar-refractivity contribution in [2.45, 2.75) is 58.9 Å². The molecule has 0 saturated heterocycles. The fraction of sp³-hybridized carbons (Fsp3) is 0.346. The van der Waals surface area contributed by atoms with Crippen molar-refractivity contribution in [3.05, 3.63) is 77.5 Å². The zero-order valence-corrected chi connectivity index (χ0v) is 17.4. The Morgan fingerprint density at radius 1 is 0.741 bits per heavy atom. The highest BCUT2D eigenvalue weighted by atomic mass is 15.0. The van der Waals surface area contributed by atoms with Gasteiger partial charge in [0.05, 0.1) is 0 Å². The average molecular weight is 357 g/mol. The highest BCUT2D eigenvalue weighted by molar-refractivity contribution is 5.84. The number of hydrogen-bond acceptors (Lipinski definition) is 0. The zero-order chi connectivity index (χ0) is 19.3. The monoisotopic (exact) mass is 356 g/mol. The van der Waals surface area contributed by atoms with Crippen LogP contribution in [0.5, 0.6) is 0 Å². The highest BCUT2D eigenvalue weighted by Crippen LogP contribution is 2.50. The molecule has 1 heterocycles. The predicted molar refractivity (Wildman–Crippen MR) is 114 cm³/mol. The van der Waals surface area contributed by atoms with Crippen molar-refractivity contribution in [3.63, 3.8) is 0 Å². The van der Waals surface area contributed by atoms with E-state index in [9.17, 15) is 0 Å². The van der Waals surface area contributed by atoms with Gasteiger partial charge in [-0.2, -0.15) is 4.57 Å². The van der Waals surface area contributed by atoms with E-state index in [2.05, 4.69) is 107 Å². The third-order valence-electron chi connectivity index (χ3n) is 6.10. The van der Waals surface area contributed by atoms with Crippen LogP contribution in [0.4, 0.5) is 0 Å². The molecule has 4 rings (SSSR count). The maximum atomic E-state index is 2.47. The first-order valence-corrected chi connectivity index (χ1v) is 10.1. The van der Waals surface area contributed by atoms with E-state index < -0.39 is 0 Å². The molecule has 0 unspecified atom stereocenters. The Kier molecular flexibility index (Phi) is 4.22. The van der Waals surface area contributed by atoms with Gasteiger partial charge in [-0.05, 0) is 65.8 Å². The largest absolute Gasteiger partial charge is 0.212 e. The first-order chi connectivity index (χ1) is 12.8. The lowest BCUT2D eigenvalue weighted by atomic mass is 9.80. The molecule has 0 N–H and O–H groups in total. The predicted octanol–water partition coefficient (Wildman–Crippen LogP) is 6.65. The number of aromatic nitrogens is 1. The van der Waals surface area contributed by atoms with Crippen LogP contribution in [0.2, 0.25) is 0 Å². The van der Waals surface area contributed by atoms with Crippen LogP contribution < -0.4 is 4.57 Å². The van der Waals surface area contributed by atoms with Gasteiger partial charge in [0.25, 0.3) is 0 Å². The third kappa shape index (κ3) is 2.72. The molecule has 1 heteroatoms. The lowest BCUT2D eigenvalue weighted by Crippen LogP contribution is -2.38. The Labute approximate surface area is 163 Å². The van der Waals surface area contributed by atoms with Crippen LogP contribution in [0.1, 0.15) is 70.2 Å². The van der Waals surface area contributed by atoms with Gasteiger partial charge in [-0.3, -0.25) is 0 Å². The normalized spacial score (nSPS) is 14.5. The fourth-order valence-corrected chi connectivity index (χ4v) is 4.60. The van der Waals surface area contributed by atoms with E-state index in [0.717, 1.165) is 0 Å². The van der Waals surface area contributed by atoms with E-state index in [1.807, 2.05) is 0 Å². The molecule has 3 aromatic rings. The molecule has 138 valence electrons. The van der Waals surface area contributed by atoms with Gasteiger partial charge in [-0.25, -0.2) is 0 Å². The van der Waals surface area contributed by atoms with Crippen molar-refractivity contribution in [1.29, 1.82) is 0 Å². The quantitative estimate of drug-likeness (QED) is 0.462. The van der Waals surface area contributed by atoms with Crippen LogP contribution in [0.3, 0.4) is 0 Å². The minimum absolute atomic E-state index is 0.0353. The van der Waals surface area contributed by atoms with Crippen LogP contribution in [-0.2, 0) is 5.41 Å². The molecule has 1 aliphatic rings. The van der Waals surface area contributed by atoms with Gasteiger partial charge in [0, 0.05) is 23.1 Å². The number of fused-ring (bicyclic) bond motifs is 3. The van der Waals surface area contributed by atoms with Crippen molar-refractivity contribution < 1.29 is 4.57 Å². The van der Waals surface area contributed by atoms with E-state index in [4.69, 9.17) is 0 Å². The van der Waals surface area contributed by atoms with Crippen LogP contribution in [0.15, 0.2) is 60.8 Å². The molecule has 0 atom stereocenters. The molecule has 0 fully saturated rings. The molecule has 2 aromatic carbocycles.